The highest BCUT2D eigenvalue weighted by molar-refractivity contribution is 14.0. The lowest BCUT2D eigenvalue weighted by Crippen LogP contribution is -2.51. The number of rotatable bonds is 6. The van der Waals surface area contributed by atoms with Crippen LogP contribution in [0.25, 0.3) is 0 Å². The number of aliphatic imine (C=N–C) groups is 1. The Morgan fingerprint density at radius 3 is 2.45 bits per heavy atom. The Bertz CT molecular complexity index is 681. The third-order valence-electron chi connectivity index (χ3n) is 5.75. The lowest BCUT2D eigenvalue weighted by atomic mass is 10.1. The molecule has 0 spiro atoms. The van der Waals surface area contributed by atoms with E-state index in [-0.39, 0.29) is 24.0 Å². The Morgan fingerprint density at radius 1 is 1.17 bits per heavy atom. The Labute approximate surface area is 195 Å². The summed E-state index contributed by atoms with van der Waals surface area (Å²) in [5.74, 6) is 1.52. The van der Waals surface area contributed by atoms with Gasteiger partial charge in [-0.25, -0.2) is 4.98 Å². The van der Waals surface area contributed by atoms with E-state index in [4.69, 9.17) is 0 Å². The number of aromatic nitrogens is 1. The van der Waals surface area contributed by atoms with Crippen LogP contribution in [0.1, 0.15) is 41.3 Å². The fourth-order valence-corrected chi connectivity index (χ4v) is 4.95. The highest BCUT2D eigenvalue weighted by Gasteiger charge is 2.29. The molecule has 1 aliphatic heterocycles. The molecular weight excluding hydrogens is 499 g/mol. The molecule has 1 aromatic heterocycles. The maximum absolute atomic E-state index is 12.5. The molecule has 9 heteroatoms. The molecule has 2 fully saturated rings. The van der Waals surface area contributed by atoms with Crippen LogP contribution in [0.15, 0.2) is 4.99 Å². The number of aryl methyl sites for hydroxylation is 2. The second-order valence-corrected chi connectivity index (χ2v) is 9.03. The summed E-state index contributed by atoms with van der Waals surface area (Å²) in [6.07, 6.45) is 4.63. The SMILES string of the molecule is CN=C(NCCN1CCN(C(=O)C2CCCC2)CC1)NCc1sc(C)nc1C.I. The van der Waals surface area contributed by atoms with Crippen LogP contribution in [-0.2, 0) is 11.3 Å². The minimum Gasteiger partial charge on any atom is -0.355 e. The van der Waals surface area contributed by atoms with Gasteiger partial charge in [-0.05, 0) is 26.7 Å². The summed E-state index contributed by atoms with van der Waals surface area (Å²) in [5.41, 5.74) is 1.09. The monoisotopic (exact) mass is 534 g/mol. The molecule has 0 radical (unpaired) electrons. The van der Waals surface area contributed by atoms with Crippen molar-refractivity contribution >= 4 is 47.2 Å². The van der Waals surface area contributed by atoms with Crippen LogP contribution in [0.5, 0.6) is 0 Å². The first-order chi connectivity index (χ1) is 13.6. The van der Waals surface area contributed by atoms with Gasteiger partial charge in [-0.3, -0.25) is 14.7 Å². The molecule has 164 valence electrons. The Kier molecular flexibility index (Phi) is 10.1. The molecule has 0 bridgehead atoms. The van der Waals surface area contributed by atoms with Crippen LogP contribution >= 0.6 is 35.3 Å². The number of carbonyl (C=O) groups is 1. The van der Waals surface area contributed by atoms with E-state index in [1.54, 1.807) is 18.4 Å². The number of nitrogens with zero attached hydrogens (tertiary/aromatic N) is 4. The summed E-state index contributed by atoms with van der Waals surface area (Å²) < 4.78 is 0. The van der Waals surface area contributed by atoms with Gasteiger partial charge in [0.1, 0.15) is 0 Å². The van der Waals surface area contributed by atoms with E-state index in [0.717, 1.165) is 75.3 Å². The van der Waals surface area contributed by atoms with Gasteiger partial charge < -0.3 is 15.5 Å². The molecular formula is C20H35IN6OS. The van der Waals surface area contributed by atoms with Crippen LogP contribution in [0.3, 0.4) is 0 Å². The van der Waals surface area contributed by atoms with Gasteiger partial charge in [0.25, 0.3) is 0 Å². The molecule has 1 saturated carbocycles. The van der Waals surface area contributed by atoms with Gasteiger partial charge in [-0.2, -0.15) is 0 Å². The van der Waals surface area contributed by atoms with Crippen molar-refractivity contribution in [3.8, 4) is 0 Å². The van der Waals surface area contributed by atoms with Gasteiger partial charge in [0, 0.05) is 57.1 Å². The summed E-state index contributed by atoms with van der Waals surface area (Å²) in [4.78, 5) is 27.1. The third-order valence-corrected chi connectivity index (χ3v) is 6.82. The number of guanidine groups is 1. The second-order valence-electron chi connectivity index (χ2n) is 7.74. The minimum atomic E-state index is 0. The quantitative estimate of drug-likeness (QED) is 0.333. The minimum absolute atomic E-state index is 0. The van der Waals surface area contributed by atoms with Crippen molar-refractivity contribution in [2.45, 2.75) is 46.1 Å². The molecule has 1 aliphatic carbocycles. The summed E-state index contributed by atoms with van der Waals surface area (Å²) >= 11 is 1.73. The van der Waals surface area contributed by atoms with Gasteiger partial charge >= 0.3 is 0 Å². The van der Waals surface area contributed by atoms with E-state index in [1.165, 1.54) is 17.7 Å². The van der Waals surface area contributed by atoms with Gasteiger partial charge in [0.05, 0.1) is 17.2 Å². The second kappa shape index (κ2) is 12.0. The van der Waals surface area contributed by atoms with Crippen molar-refractivity contribution in [3.05, 3.63) is 15.6 Å². The van der Waals surface area contributed by atoms with Crippen LogP contribution in [0.2, 0.25) is 0 Å². The lowest BCUT2D eigenvalue weighted by Gasteiger charge is -2.36. The molecule has 7 nitrogen and oxygen atoms in total. The highest BCUT2D eigenvalue weighted by atomic mass is 127. The summed E-state index contributed by atoms with van der Waals surface area (Å²) in [7, 11) is 1.80. The van der Waals surface area contributed by atoms with Gasteiger partial charge in [-0.15, -0.1) is 35.3 Å². The number of hydrogen-bond acceptors (Lipinski definition) is 5. The topological polar surface area (TPSA) is 72.9 Å². The van der Waals surface area contributed by atoms with Crippen LogP contribution in [-0.4, -0.2) is 73.0 Å². The first kappa shape index (κ1) is 24.3. The Hall–Kier alpha value is -0.940. The van der Waals surface area contributed by atoms with E-state index in [2.05, 4.69) is 30.4 Å². The summed E-state index contributed by atoms with van der Waals surface area (Å²) in [5, 5.41) is 7.86. The molecule has 2 aliphatic rings. The maximum Gasteiger partial charge on any atom is 0.225 e. The number of hydrogen-bond donors (Lipinski definition) is 2. The Morgan fingerprint density at radius 2 is 1.86 bits per heavy atom. The lowest BCUT2D eigenvalue weighted by molar-refractivity contribution is -0.137. The molecule has 0 atom stereocenters. The number of halogens is 1. The van der Waals surface area contributed by atoms with Gasteiger partial charge in [0.15, 0.2) is 5.96 Å². The molecule has 3 rings (SSSR count). The fraction of sp³-hybridized carbons (Fsp3) is 0.750. The molecule has 2 heterocycles. The van der Waals surface area contributed by atoms with Crippen molar-refractivity contribution < 1.29 is 4.79 Å². The van der Waals surface area contributed by atoms with E-state index in [9.17, 15) is 4.79 Å². The summed E-state index contributed by atoms with van der Waals surface area (Å²) in [6.45, 7) is 10.3. The zero-order chi connectivity index (χ0) is 19.9. The van der Waals surface area contributed by atoms with Crippen molar-refractivity contribution in [3.63, 3.8) is 0 Å². The van der Waals surface area contributed by atoms with Gasteiger partial charge in [0.2, 0.25) is 5.91 Å². The van der Waals surface area contributed by atoms with E-state index >= 15 is 0 Å². The molecule has 29 heavy (non-hydrogen) atoms. The number of piperazine rings is 1. The summed E-state index contributed by atoms with van der Waals surface area (Å²) in [6, 6.07) is 0. The third kappa shape index (κ3) is 7.06. The van der Waals surface area contributed by atoms with Crippen molar-refractivity contribution in [2.75, 3.05) is 46.3 Å². The molecule has 1 aromatic rings. The first-order valence-electron chi connectivity index (χ1n) is 10.5. The standard InChI is InChI=1S/C20H34N6OS.HI/c1-15-18(28-16(2)24-15)14-23-20(21-3)22-8-9-25-10-12-26(13-11-25)19(27)17-6-4-5-7-17;/h17H,4-14H2,1-3H3,(H2,21,22,23);1H. The zero-order valence-electron chi connectivity index (χ0n) is 17.9. The average molecular weight is 535 g/mol. The van der Waals surface area contributed by atoms with Gasteiger partial charge in [-0.1, -0.05) is 12.8 Å². The number of nitrogens with one attached hydrogen (secondary N) is 2. The van der Waals surface area contributed by atoms with E-state index in [1.807, 2.05) is 13.8 Å². The molecule has 0 aromatic carbocycles. The van der Waals surface area contributed by atoms with Crippen molar-refractivity contribution in [1.82, 2.24) is 25.4 Å². The number of carbonyl (C=O) groups excluding carboxylic acids is 1. The maximum atomic E-state index is 12.5. The number of amides is 1. The van der Waals surface area contributed by atoms with Crippen molar-refractivity contribution in [2.24, 2.45) is 10.9 Å². The van der Waals surface area contributed by atoms with Crippen LogP contribution in [0.4, 0.5) is 0 Å². The molecule has 1 saturated heterocycles. The van der Waals surface area contributed by atoms with Crippen LogP contribution in [0, 0.1) is 19.8 Å². The predicted octanol–water partition coefficient (Wildman–Crippen LogP) is 2.38. The van der Waals surface area contributed by atoms with Crippen molar-refractivity contribution in [1.29, 1.82) is 0 Å². The highest BCUT2D eigenvalue weighted by Crippen LogP contribution is 2.26. The fourth-order valence-electron chi connectivity index (χ4n) is 4.08. The molecule has 1 amide bonds. The van der Waals surface area contributed by atoms with E-state index in [0.29, 0.717) is 11.8 Å². The largest absolute Gasteiger partial charge is 0.355 e. The number of thiazole rings is 1. The zero-order valence-corrected chi connectivity index (χ0v) is 21.0. The normalized spacial score (nSPS) is 18.6. The Balaban J connectivity index is 0.00000300. The smallest absolute Gasteiger partial charge is 0.225 e. The first-order valence-corrected chi connectivity index (χ1v) is 11.3. The molecule has 2 N–H and O–H groups in total. The van der Waals surface area contributed by atoms with Crippen LogP contribution < -0.4 is 10.6 Å². The molecule has 0 unspecified atom stereocenters. The average Bonchev–Trinajstić information content (AvgIpc) is 3.34. The predicted molar refractivity (Wildman–Crippen MR) is 130 cm³/mol. The van der Waals surface area contributed by atoms with E-state index < -0.39 is 0 Å².